The van der Waals surface area contributed by atoms with Gasteiger partial charge in [0.05, 0.1) is 5.39 Å². The van der Waals surface area contributed by atoms with Gasteiger partial charge in [-0.05, 0) is 25.5 Å². The van der Waals surface area contributed by atoms with E-state index in [0.29, 0.717) is 5.39 Å². The number of aromatic amines is 1. The second-order valence-corrected chi connectivity index (χ2v) is 7.83. The Morgan fingerprint density at radius 2 is 1.96 bits per heavy atom. The minimum atomic E-state index is -0.0489. The standard InChI is InChI=1S/C19H21N3O2S/c1-12-9-22(10-13(2)24-12)11-17-20-18(23)15-8-16(25-19(15)21-17)14-6-4-3-5-7-14/h3-8,12-13H,9-11H2,1-2H3,(H,20,21,23)/p+1/t12-,13-/m0/s1. The summed E-state index contributed by atoms with van der Waals surface area (Å²) in [6, 6.07) is 12.1. The molecule has 1 fully saturated rings. The highest BCUT2D eigenvalue weighted by molar-refractivity contribution is 7.21. The number of rotatable bonds is 3. The van der Waals surface area contributed by atoms with E-state index >= 15 is 0 Å². The third kappa shape index (κ3) is 3.51. The zero-order valence-electron chi connectivity index (χ0n) is 14.4. The van der Waals surface area contributed by atoms with Gasteiger partial charge in [-0.1, -0.05) is 30.3 Å². The molecule has 2 aromatic heterocycles. The van der Waals surface area contributed by atoms with E-state index < -0.39 is 0 Å². The number of H-pyrrole nitrogens is 1. The summed E-state index contributed by atoms with van der Waals surface area (Å²) in [6.45, 7) is 6.79. The predicted molar refractivity (Wildman–Crippen MR) is 100 cm³/mol. The first-order valence-corrected chi connectivity index (χ1v) is 9.47. The van der Waals surface area contributed by atoms with E-state index in [-0.39, 0.29) is 17.8 Å². The van der Waals surface area contributed by atoms with E-state index in [1.807, 2.05) is 24.3 Å². The molecule has 0 spiro atoms. The van der Waals surface area contributed by atoms with Gasteiger partial charge in [0.15, 0.2) is 5.82 Å². The quantitative estimate of drug-likeness (QED) is 0.753. The number of thiophene rings is 1. The van der Waals surface area contributed by atoms with Gasteiger partial charge >= 0.3 is 0 Å². The molecule has 6 heteroatoms. The Morgan fingerprint density at radius 3 is 2.68 bits per heavy atom. The molecular weight excluding hydrogens is 334 g/mol. The van der Waals surface area contributed by atoms with Crippen molar-refractivity contribution in [1.29, 1.82) is 0 Å². The Kier molecular flexibility index (Phi) is 4.41. The number of nitrogens with one attached hydrogen (secondary N) is 2. The van der Waals surface area contributed by atoms with E-state index in [9.17, 15) is 4.79 Å². The van der Waals surface area contributed by atoms with Crippen LogP contribution in [0.1, 0.15) is 19.7 Å². The molecule has 1 aromatic carbocycles. The molecule has 0 amide bonds. The van der Waals surface area contributed by atoms with Crippen LogP contribution in [-0.2, 0) is 11.3 Å². The molecule has 3 aromatic rings. The fourth-order valence-electron chi connectivity index (χ4n) is 3.57. The summed E-state index contributed by atoms with van der Waals surface area (Å²) in [5.41, 5.74) is 1.07. The zero-order valence-corrected chi connectivity index (χ0v) is 15.2. The SMILES string of the molecule is C[C@H]1C[NH+](Cc2nc3sc(-c4ccccc4)cc3c(=O)[nH]2)C[C@H](C)O1. The van der Waals surface area contributed by atoms with Gasteiger partial charge in [0.25, 0.3) is 5.56 Å². The molecule has 1 saturated heterocycles. The molecule has 3 heterocycles. The number of aromatic nitrogens is 2. The van der Waals surface area contributed by atoms with Crippen LogP contribution in [0.2, 0.25) is 0 Å². The third-order valence-corrected chi connectivity index (χ3v) is 5.62. The van der Waals surface area contributed by atoms with E-state index in [1.165, 1.54) is 4.90 Å². The Hall–Kier alpha value is -2.02. The summed E-state index contributed by atoms with van der Waals surface area (Å²) in [5, 5.41) is 0.673. The molecule has 2 atom stereocenters. The van der Waals surface area contributed by atoms with Crippen molar-refractivity contribution in [2.75, 3.05) is 13.1 Å². The fraction of sp³-hybridized carbons (Fsp3) is 0.368. The summed E-state index contributed by atoms with van der Waals surface area (Å²) < 4.78 is 5.79. The van der Waals surface area contributed by atoms with Gasteiger partial charge in [-0.25, -0.2) is 4.98 Å². The lowest BCUT2D eigenvalue weighted by molar-refractivity contribution is -0.928. The number of fused-ring (bicyclic) bond motifs is 1. The van der Waals surface area contributed by atoms with Crippen molar-refractivity contribution in [2.45, 2.75) is 32.6 Å². The number of ether oxygens (including phenoxy) is 1. The smallest absolute Gasteiger partial charge is 0.259 e. The molecular formula is C19H22N3O2S+. The van der Waals surface area contributed by atoms with Crippen molar-refractivity contribution in [3.05, 3.63) is 52.6 Å². The lowest BCUT2D eigenvalue weighted by Gasteiger charge is -2.32. The van der Waals surface area contributed by atoms with Crippen LogP contribution in [-0.4, -0.2) is 35.3 Å². The number of morpholine rings is 1. The summed E-state index contributed by atoms with van der Waals surface area (Å²) >= 11 is 1.58. The van der Waals surface area contributed by atoms with Gasteiger partial charge in [-0.15, -0.1) is 11.3 Å². The van der Waals surface area contributed by atoms with E-state index in [1.54, 1.807) is 11.3 Å². The molecule has 0 bridgehead atoms. The Bertz CT molecular complexity index is 925. The van der Waals surface area contributed by atoms with Crippen LogP contribution in [0, 0.1) is 0 Å². The van der Waals surface area contributed by atoms with Crippen molar-refractivity contribution >= 4 is 21.6 Å². The lowest BCUT2D eigenvalue weighted by atomic mass is 10.2. The van der Waals surface area contributed by atoms with Crippen molar-refractivity contribution in [3.8, 4) is 10.4 Å². The first-order valence-electron chi connectivity index (χ1n) is 8.65. The van der Waals surface area contributed by atoms with Crippen LogP contribution >= 0.6 is 11.3 Å². The maximum Gasteiger partial charge on any atom is 0.259 e. The maximum absolute atomic E-state index is 12.5. The summed E-state index contributed by atoms with van der Waals surface area (Å²) in [6.07, 6.45) is 0.473. The van der Waals surface area contributed by atoms with Crippen LogP contribution in [0.25, 0.3) is 20.7 Å². The van der Waals surface area contributed by atoms with Gasteiger partial charge in [0.2, 0.25) is 0 Å². The van der Waals surface area contributed by atoms with Crippen LogP contribution < -0.4 is 10.5 Å². The van der Waals surface area contributed by atoms with Crippen LogP contribution in [0.4, 0.5) is 0 Å². The summed E-state index contributed by atoms with van der Waals surface area (Å²) in [7, 11) is 0. The lowest BCUT2D eigenvalue weighted by Crippen LogP contribution is -3.14. The molecule has 5 nitrogen and oxygen atoms in total. The van der Waals surface area contributed by atoms with Gasteiger partial charge in [0, 0.05) is 4.88 Å². The van der Waals surface area contributed by atoms with Gasteiger partial charge < -0.3 is 14.6 Å². The maximum atomic E-state index is 12.5. The molecule has 0 radical (unpaired) electrons. The largest absolute Gasteiger partial charge is 0.364 e. The number of quaternary nitrogens is 1. The molecule has 1 aliphatic heterocycles. The first-order chi connectivity index (χ1) is 12.1. The van der Waals surface area contributed by atoms with Gasteiger partial charge in [0.1, 0.15) is 36.7 Å². The van der Waals surface area contributed by atoms with E-state index in [4.69, 9.17) is 9.72 Å². The Balaban J connectivity index is 1.64. The molecule has 0 saturated carbocycles. The number of nitrogens with zero attached hydrogens (tertiary/aromatic N) is 1. The van der Waals surface area contributed by atoms with Gasteiger partial charge in [-0.3, -0.25) is 4.79 Å². The third-order valence-electron chi connectivity index (χ3n) is 4.54. The van der Waals surface area contributed by atoms with Crippen molar-refractivity contribution in [3.63, 3.8) is 0 Å². The number of benzene rings is 1. The molecule has 2 N–H and O–H groups in total. The summed E-state index contributed by atoms with van der Waals surface area (Å²) in [5.74, 6) is 0.760. The first kappa shape index (κ1) is 16.4. The van der Waals surface area contributed by atoms with Crippen molar-refractivity contribution < 1.29 is 9.64 Å². The van der Waals surface area contributed by atoms with E-state index in [0.717, 1.165) is 40.7 Å². The monoisotopic (exact) mass is 356 g/mol. The average molecular weight is 356 g/mol. The highest BCUT2D eigenvalue weighted by atomic mass is 32.1. The molecule has 0 unspecified atom stereocenters. The molecule has 1 aliphatic rings. The van der Waals surface area contributed by atoms with Crippen LogP contribution in [0.15, 0.2) is 41.2 Å². The summed E-state index contributed by atoms with van der Waals surface area (Å²) in [4.78, 5) is 23.5. The number of hydrogen-bond donors (Lipinski definition) is 2. The van der Waals surface area contributed by atoms with Crippen LogP contribution in [0.3, 0.4) is 0 Å². The normalized spacial score (nSPS) is 23.8. The van der Waals surface area contributed by atoms with Gasteiger partial charge in [-0.2, -0.15) is 0 Å². The van der Waals surface area contributed by atoms with Crippen molar-refractivity contribution in [1.82, 2.24) is 9.97 Å². The molecule has 0 aliphatic carbocycles. The second-order valence-electron chi connectivity index (χ2n) is 6.80. The molecule has 130 valence electrons. The zero-order chi connectivity index (χ0) is 17.4. The molecule has 4 rings (SSSR count). The van der Waals surface area contributed by atoms with Crippen LogP contribution in [0.5, 0.6) is 0 Å². The highest BCUT2D eigenvalue weighted by Gasteiger charge is 2.26. The highest BCUT2D eigenvalue weighted by Crippen LogP contribution is 2.30. The minimum absolute atomic E-state index is 0.0489. The number of hydrogen-bond acceptors (Lipinski definition) is 4. The average Bonchev–Trinajstić information content (AvgIpc) is 2.99. The Morgan fingerprint density at radius 1 is 1.24 bits per heavy atom. The van der Waals surface area contributed by atoms with Crippen molar-refractivity contribution in [2.24, 2.45) is 0 Å². The topological polar surface area (TPSA) is 59.4 Å². The predicted octanol–water partition coefficient (Wildman–Crippen LogP) is 1.84. The van der Waals surface area contributed by atoms with E-state index in [2.05, 4.69) is 31.0 Å². The second kappa shape index (κ2) is 6.71. The minimum Gasteiger partial charge on any atom is -0.364 e. The Labute approximate surface area is 150 Å². The fourth-order valence-corrected chi connectivity index (χ4v) is 4.63. The molecule has 25 heavy (non-hydrogen) atoms.